The number of morpholine rings is 1. The van der Waals surface area contributed by atoms with Gasteiger partial charge in [-0.3, -0.25) is 4.79 Å². The van der Waals surface area contributed by atoms with Crippen molar-refractivity contribution in [2.45, 2.75) is 6.10 Å². The molecule has 3 aromatic rings. The number of rotatable bonds is 4. The highest BCUT2D eigenvalue weighted by Crippen LogP contribution is 2.35. The molecule has 0 aliphatic carbocycles. The second kappa shape index (κ2) is 7.29. The van der Waals surface area contributed by atoms with E-state index in [-0.39, 0.29) is 18.8 Å². The summed E-state index contributed by atoms with van der Waals surface area (Å²) in [7, 11) is 0. The number of aromatic nitrogens is 1. The fourth-order valence-electron chi connectivity index (χ4n) is 3.33. The first-order valence-electron chi connectivity index (χ1n) is 9.03. The molecule has 1 fully saturated rings. The SMILES string of the molecule is O=C(c1ccc2ncsc2c1)N1CCOC(COc2ccc3c(c2)OCO3)C1. The average Bonchev–Trinajstić information content (AvgIpc) is 3.40. The summed E-state index contributed by atoms with van der Waals surface area (Å²) >= 11 is 1.53. The molecule has 8 heteroatoms. The molecule has 3 heterocycles. The van der Waals surface area contributed by atoms with Gasteiger partial charge in [0.2, 0.25) is 6.79 Å². The number of fused-ring (bicyclic) bond motifs is 2. The monoisotopic (exact) mass is 398 g/mol. The Morgan fingerprint density at radius 1 is 1.21 bits per heavy atom. The number of hydrogen-bond acceptors (Lipinski definition) is 7. The van der Waals surface area contributed by atoms with Crippen molar-refractivity contribution in [1.82, 2.24) is 9.88 Å². The molecule has 7 nitrogen and oxygen atoms in total. The molecule has 0 N–H and O–H groups in total. The van der Waals surface area contributed by atoms with Gasteiger partial charge in [-0.25, -0.2) is 4.98 Å². The average molecular weight is 398 g/mol. The van der Waals surface area contributed by atoms with Crippen LogP contribution in [0.5, 0.6) is 17.2 Å². The van der Waals surface area contributed by atoms with Gasteiger partial charge in [0.05, 0.1) is 28.9 Å². The lowest BCUT2D eigenvalue weighted by atomic mass is 10.1. The second-order valence-corrected chi connectivity index (χ2v) is 7.49. The molecule has 1 unspecified atom stereocenters. The Morgan fingerprint density at radius 2 is 2.14 bits per heavy atom. The third-order valence-electron chi connectivity index (χ3n) is 4.78. The molecular weight excluding hydrogens is 380 g/mol. The molecule has 2 aliphatic heterocycles. The van der Waals surface area contributed by atoms with Gasteiger partial charge in [-0.15, -0.1) is 11.3 Å². The maximum absolute atomic E-state index is 12.9. The van der Waals surface area contributed by atoms with Gasteiger partial charge in [0.25, 0.3) is 5.91 Å². The van der Waals surface area contributed by atoms with E-state index in [2.05, 4.69) is 4.98 Å². The first kappa shape index (κ1) is 17.3. The molecule has 144 valence electrons. The van der Waals surface area contributed by atoms with Gasteiger partial charge in [0.15, 0.2) is 11.5 Å². The molecule has 0 bridgehead atoms. The van der Waals surface area contributed by atoms with Crippen molar-refractivity contribution in [1.29, 1.82) is 0 Å². The van der Waals surface area contributed by atoms with E-state index in [1.165, 1.54) is 11.3 Å². The van der Waals surface area contributed by atoms with Crippen LogP contribution in [0.3, 0.4) is 0 Å². The zero-order chi connectivity index (χ0) is 18.9. The number of carbonyl (C=O) groups excluding carboxylic acids is 1. The Morgan fingerprint density at radius 3 is 3.11 bits per heavy atom. The molecule has 0 radical (unpaired) electrons. The number of benzene rings is 2. The zero-order valence-electron chi connectivity index (χ0n) is 15.0. The molecule has 5 rings (SSSR count). The molecule has 0 spiro atoms. The van der Waals surface area contributed by atoms with Crippen LogP contribution in [0.1, 0.15) is 10.4 Å². The maximum Gasteiger partial charge on any atom is 0.254 e. The van der Waals surface area contributed by atoms with Crippen LogP contribution in [-0.2, 0) is 4.74 Å². The summed E-state index contributed by atoms with van der Waals surface area (Å²) in [5.74, 6) is 2.09. The number of carbonyl (C=O) groups is 1. The predicted molar refractivity (Wildman–Crippen MR) is 103 cm³/mol. The summed E-state index contributed by atoms with van der Waals surface area (Å²) in [6, 6.07) is 11.1. The molecule has 1 atom stereocenters. The molecule has 2 aromatic carbocycles. The molecular formula is C20H18N2O5S. The first-order chi connectivity index (χ1) is 13.8. The quantitative estimate of drug-likeness (QED) is 0.673. The van der Waals surface area contributed by atoms with E-state index < -0.39 is 0 Å². The lowest BCUT2D eigenvalue weighted by Gasteiger charge is -2.33. The van der Waals surface area contributed by atoms with E-state index in [0.29, 0.717) is 43.4 Å². The van der Waals surface area contributed by atoms with Gasteiger partial charge in [-0.1, -0.05) is 0 Å². The van der Waals surface area contributed by atoms with Crippen molar-refractivity contribution in [3.05, 3.63) is 47.5 Å². The van der Waals surface area contributed by atoms with Crippen molar-refractivity contribution >= 4 is 27.5 Å². The smallest absolute Gasteiger partial charge is 0.254 e. The molecule has 1 aromatic heterocycles. The normalized spacial score (nSPS) is 18.4. The first-order valence-corrected chi connectivity index (χ1v) is 9.91. The Labute approximate surface area is 165 Å². The van der Waals surface area contributed by atoms with Crippen molar-refractivity contribution < 1.29 is 23.7 Å². The highest BCUT2D eigenvalue weighted by atomic mass is 32.1. The van der Waals surface area contributed by atoms with Crippen LogP contribution in [-0.4, -0.2) is 55.0 Å². The molecule has 2 aliphatic rings. The molecule has 0 saturated carbocycles. The Balaban J connectivity index is 1.22. The van der Waals surface area contributed by atoms with Crippen molar-refractivity contribution in [3.8, 4) is 17.2 Å². The lowest BCUT2D eigenvalue weighted by molar-refractivity contribution is -0.0401. The van der Waals surface area contributed by atoms with E-state index in [1.807, 2.05) is 35.2 Å². The number of nitrogens with zero attached hydrogens (tertiary/aromatic N) is 2. The van der Waals surface area contributed by atoms with Crippen molar-refractivity contribution in [3.63, 3.8) is 0 Å². The van der Waals surface area contributed by atoms with Gasteiger partial charge in [0.1, 0.15) is 18.5 Å². The van der Waals surface area contributed by atoms with E-state index in [0.717, 1.165) is 16.0 Å². The summed E-state index contributed by atoms with van der Waals surface area (Å²) in [5.41, 5.74) is 3.38. The van der Waals surface area contributed by atoms with Crippen LogP contribution >= 0.6 is 11.3 Å². The van der Waals surface area contributed by atoms with Gasteiger partial charge in [0, 0.05) is 18.2 Å². The van der Waals surface area contributed by atoms with E-state index >= 15 is 0 Å². The van der Waals surface area contributed by atoms with Gasteiger partial charge in [-0.2, -0.15) is 0 Å². The van der Waals surface area contributed by atoms with Crippen molar-refractivity contribution in [2.24, 2.45) is 0 Å². The molecule has 1 amide bonds. The fourth-order valence-corrected chi connectivity index (χ4v) is 4.05. The fraction of sp³-hybridized carbons (Fsp3) is 0.300. The summed E-state index contributed by atoms with van der Waals surface area (Å²) in [4.78, 5) is 19.0. The topological polar surface area (TPSA) is 70.1 Å². The van der Waals surface area contributed by atoms with Crippen LogP contribution < -0.4 is 14.2 Å². The van der Waals surface area contributed by atoms with Gasteiger partial charge < -0.3 is 23.8 Å². The van der Waals surface area contributed by atoms with E-state index in [4.69, 9.17) is 18.9 Å². The van der Waals surface area contributed by atoms with E-state index in [1.54, 1.807) is 11.6 Å². The number of amides is 1. The summed E-state index contributed by atoms with van der Waals surface area (Å²) in [5, 5.41) is 0. The molecule has 28 heavy (non-hydrogen) atoms. The van der Waals surface area contributed by atoms with Gasteiger partial charge in [-0.05, 0) is 30.3 Å². The third-order valence-corrected chi connectivity index (χ3v) is 5.58. The van der Waals surface area contributed by atoms with Crippen LogP contribution in [0.2, 0.25) is 0 Å². The number of ether oxygens (including phenoxy) is 4. The molecule has 1 saturated heterocycles. The van der Waals surface area contributed by atoms with E-state index in [9.17, 15) is 4.79 Å². The maximum atomic E-state index is 12.9. The largest absolute Gasteiger partial charge is 0.491 e. The third kappa shape index (κ3) is 3.36. The second-order valence-electron chi connectivity index (χ2n) is 6.60. The van der Waals surface area contributed by atoms with Crippen molar-refractivity contribution in [2.75, 3.05) is 33.1 Å². The Hall–Kier alpha value is -2.84. The van der Waals surface area contributed by atoms with Crippen LogP contribution in [0.15, 0.2) is 41.9 Å². The highest BCUT2D eigenvalue weighted by Gasteiger charge is 2.26. The summed E-state index contributed by atoms with van der Waals surface area (Å²) in [6.45, 7) is 2.14. The van der Waals surface area contributed by atoms with Crippen LogP contribution in [0, 0.1) is 0 Å². The summed E-state index contributed by atoms with van der Waals surface area (Å²) in [6.07, 6.45) is -0.185. The lowest BCUT2D eigenvalue weighted by Crippen LogP contribution is -2.47. The van der Waals surface area contributed by atoms with Crippen LogP contribution in [0.4, 0.5) is 0 Å². The minimum absolute atomic E-state index is 0.00618. The number of thiazole rings is 1. The summed E-state index contributed by atoms with van der Waals surface area (Å²) < 4.78 is 23.3. The highest BCUT2D eigenvalue weighted by molar-refractivity contribution is 7.16. The Kier molecular flexibility index (Phi) is 4.50. The Bertz CT molecular complexity index is 1020. The van der Waals surface area contributed by atoms with Crippen LogP contribution in [0.25, 0.3) is 10.2 Å². The zero-order valence-corrected chi connectivity index (χ0v) is 15.8. The minimum Gasteiger partial charge on any atom is -0.491 e. The minimum atomic E-state index is -0.185. The standard InChI is InChI=1S/C20H18N2O5S/c23-20(13-1-3-16-19(7-13)28-11-21-16)22-5-6-24-15(9-22)10-25-14-2-4-17-18(8-14)27-12-26-17/h1-4,7-8,11,15H,5-6,9-10,12H2. The predicted octanol–water partition coefficient (Wildman–Crippen LogP) is 2.95. The number of hydrogen-bond donors (Lipinski definition) is 0. The van der Waals surface area contributed by atoms with Gasteiger partial charge >= 0.3 is 0 Å².